The molecule has 9 nitrogen and oxygen atoms in total. The van der Waals surface area contributed by atoms with Crippen LogP contribution in [-0.4, -0.2) is 46.0 Å². The topological polar surface area (TPSA) is 98.1 Å². The molecule has 0 radical (unpaired) electrons. The van der Waals surface area contributed by atoms with E-state index in [-0.39, 0.29) is 12.5 Å². The van der Waals surface area contributed by atoms with E-state index in [0.717, 1.165) is 17.7 Å². The van der Waals surface area contributed by atoms with E-state index in [2.05, 4.69) is 31.4 Å². The number of hydrazone groups is 1. The van der Waals surface area contributed by atoms with Gasteiger partial charge >= 0.3 is 6.01 Å². The fourth-order valence-corrected chi connectivity index (χ4v) is 3.94. The largest absolute Gasteiger partial charge is 0.375 e. The van der Waals surface area contributed by atoms with Gasteiger partial charge in [0, 0.05) is 12.7 Å². The minimum Gasteiger partial charge on any atom is -0.375 e. The molecule has 1 amide bonds. The van der Waals surface area contributed by atoms with Crippen molar-refractivity contribution >= 4 is 23.4 Å². The average Bonchev–Trinajstić information content (AvgIpc) is 3.19. The van der Waals surface area contributed by atoms with Gasteiger partial charge in [-0.25, -0.2) is 19.4 Å². The number of amides is 1. The van der Waals surface area contributed by atoms with Gasteiger partial charge in [0.05, 0.1) is 24.6 Å². The van der Waals surface area contributed by atoms with E-state index < -0.39 is 5.82 Å². The first kappa shape index (κ1) is 20.3. The number of aromatic nitrogens is 3. The lowest BCUT2D eigenvalue weighted by Gasteiger charge is -2.16. The summed E-state index contributed by atoms with van der Waals surface area (Å²) in [5.74, 6) is -0.180. The summed E-state index contributed by atoms with van der Waals surface area (Å²) in [5.41, 5.74) is 4.10. The zero-order chi connectivity index (χ0) is 22.1. The van der Waals surface area contributed by atoms with E-state index in [1.807, 2.05) is 13.1 Å². The number of carbonyl (C=O) groups is 1. The lowest BCUT2D eigenvalue weighted by Crippen LogP contribution is -2.71. The molecule has 2 aliphatic heterocycles. The van der Waals surface area contributed by atoms with Crippen molar-refractivity contribution in [2.45, 2.75) is 32.9 Å². The van der Waals surface area contributed by atoms with Crippen LogP contribution in [0.3, 0.4) is 0 Å². The minimum atomic E-state index is -0.397. The van der Waals surface area contributed by atoms with E-state index in [0.29, 0.717) is 61.1 Å². The van der Waals surface area contributed by atoms with Crippen LogP contribution in [0.1, 0.15) is 39.9 Å². The van der Waals surface area contributed by atoms with Crippen LogP contribution in [0, 0.1) is 5.82 Å². The molecule has 0 unspecified atom stereocenters. The monoisotopic (exact) mass is 436 g/mol. The molecule has 10 heteroatoms. The molecule has 0 bridgehead atoms. The highest BCUT2D eigenvalue weighted by Gasteiger charge is 2.22. The Morgan fingerprint density at radius 1 is 1.38 bits per heavy atom. The van der Waals surface area contributed by atoms with Gasteiger partial charge in [0.2, 0.25) is 5.78 Å². The van der Waals surface area contributed by atoms with Crippen LogP contribution in [0.15, 0.2) is 29.5 Å². The van der Waals surface area contributed by atoms with Crippen LogP contribution in [0.25, 0.3) is 5.78 Å². The van der Waals surface area contributed by atoms with Crippen molar-refractivity contribution in [2.75, 3.05) is 24.7 Å². The maximum atomic E-state index is 14.6. The number of nitrogens with zero attached hydrogens (tertiary/aromatic N) is 5. The number of fused-ring (bicyclic) bond motifs is 2. The third kappa shape index (κ3) is 3.74. The van der Waals surface area contributed by atoms with Crippen LogP contribution >= 0.6 is 0 Å². The molecule has 2 N–H and O–H groups in total. The number of carbonyl (C=O) groups excluding carboxylic acids is 1. The maximum absolute atomic E-state index is 14.6. The van der Waals surface area contributed by atoms with Gasteiger partial charge in [-0.05, 0) is 36.1 Å². The normalized spacial score (nSPS) is 15.2. The Morgan fingerprint density at radius 2 is 2.28 bits per heavy atom. The molecule has 1 aromatic carbocycles. The number of rotatable bonds is 5. The van der Waals surface area contributed by atoms with Gasteiger partial charge in [-0.15, -0.1) is 0 Å². The van der Waals surface area contributed by atoms with Gasteiger partial charge in [-0.3, -0.25) is 9.20 Å². The molecule has 0 saturated heterocycles. The highest BCUT2D eigenvalue weighted by atomic mass is 19.1. The lowest BCUT2D eigenvalue weighted by molar-refractivity contribution is -0.449. The first-order valence-electron chi connectivity index (χ1n) is 10.6. The molecular formula is C22H23FN7O2+. The SMILES string of the molecule is CCc1nc2nc3c(cn2c1C(=O)NCc1ccc(N2CC[NH+]=C=N2)c(F)c1)CCOC3. The number of imidazole rings is 1. The number of anilines is 1. The molecular weight excluding hydrogens is 413 g/mol. The highest BCUT2D eigenvalue weighted by molar-refractivity contribution is 5.94. The second-order valence-electron chi connectivity index (χ2n) is 7.68. The predicted molar refractivity (Wildman–Crippen MR) is 114 cm³/mol. The molecule has 164 valence electrons. The van der Waals surface area contributed by atoms with Crippen molar-refractivity contribution < 1.29 is 18.9 Å². The number of halogens is 1. The van der Waals surface area contributed by atoms with Gasteiger partial charge in [-0.2, -0.15) is 5.01 Å². The van der Waals surface area contributed by atoms with E-state index >= 15 is 0 Å². The van der Waals surface area contributed by atoms with Gasteiger partial charge in [0.1, 0.15) is 29.6 Å². The molecule has 0 saturated carbocycles. The Morgan fingerprint density at radius 3 is 3.06 bits per heavy atom. The first-order valence-corrected chi connectivity index (χ1v) is 10.6. The summed E-state index contributed by atoms with van der Waals surface area (Å²) in [5, 5.41) is 8.47. The predicted octanol–water partition coefficient (Wildman–Crippen LogP) is 0.423. The smallest absolute Gasteiger partial charge is 0.336 e. The van der Waals surface area contributed by atoms with Crippen molar-refractivity contribution in [3.63, 3.8) is 0 Å². The van der Waals surface area contributed by atoms with Gasteiger partial charge in [0.25, 0.3) is 5.91 Å². The summed E-state index contributed by atoms with van der Waals surface area (Å²) in [6.45, 7) is 4.43. The molecule has 0 atom stereocenters. The van der Waals surface area contributed by atoms with Gasteiger partial charge in [-0.1, -0.05) is 13.0 Å². The third-order valence-corrected chi connectivity index (χ3v) is 5.60. The molecule has 0 aliphatic carbocycles. The number of hydrogen-bond acceptors (Lipinski definition) is 6. The zero-order valence-electron chi connectivity index (χ0n) is 17.7. The molecule has 32 heavy (non-hydrogen) atoms. The molecule has 4 heterocycles. The van der Waals surface area contributed by atoms with Crippen LogP contribution < -0.4 is 15.3 Å². The van der Waals surface area contributed by atoms with Gasteiger partial charge < -0.3 is 10.1 Å². The van der Waals surface area contributed by atoms with Crippen LogP contribution in [0.5, 0.6) is 0 Å². The third-order valence-electron chi connectivity index (χ3n) is 5.60. The second kappa shape index (κ2) is 8.49. The molecule has 2 aliphatic rings. The number of benzene rings is 1. The molecule has 5 rings (SSSR count). The average molecular weight is 436 g/mol. The molecule has 2 aromatic heterocycles. The van der Waals surface area contributed by atoms with Gasteiger partial charge in [0.15, 0.2) is 5.82 Å². The first-order chi connectivity index (χ1) is 15.6. The Labute approximate surface area is 183 Å². The summed E-state index contributed by atoms with van der Waals surface area (Å²) in [4.78, 5) is 25.1. The Hall–Kier alpha value is -3.62. The van der Waals surface area contributed by atoms with Crippen molar-refractivity contribution in [3.05, 3.63) is 58.4 Å². The maximum Gasteiger partial charge on any atom is 0.336 e. The van der Waals surface area contributed by atoms with Crippen molar-refractivity contribution in [2.24, 2.45) is 5.10 Å². The fourth-order valence-electron chi connectivity index (χ4n) is 3.94. The number of hydrogen-bond donors (Lipinski definition) is 2. The number of nitrogens with one attached hydrogen (secondary N) is 2. The Balaban J connectivity index is 1.37. The van der Waals surface area contributed by atoms with E-state index in [1.54, 1.807) is 21.5 Å². The van der Waals surface area contributed by atoms with E-state index in [1.165, 1.54) is 6.07 Å². The van der Waals surface area contributed by atoms with Crippen LogP contribution in [-0.2, 0) is 30.7 Å². The molecule has 0 spiro atoms. The number of aryl methyl sites for hydroxylation is 1. The lowest BCUT2D eigenvalue weighted by atomic mass is 10.1. The minimum absolute atomic E-state index is 0.190. The zero-order valence-corrected chi connectivity index (χ0v) is 17.7. The highest BCUT2D eigenvalue weighted by Crippen LogP contribution is 2.22. The fraction of sp³-hybridized carbons (Fsp3) is 0.364. The number of ether oxygens (including phenoxy) is 1. The quantitative estimate of drug-likeness (QED) is 0.604. The summed E-state index contributed by atoms with van der Waals surface area (Å²) in [6, 6.07) is 7.49. The van der Waals surface area contributed by atoms with E-state index in [9.17, 15) is 9.18 Å². The molecule has 3 aromatic rings. The van der Waals surface area contributed by atoms with Crippen LogP contribution in [0.2, 0.25) is 0 Å². The van der Waals surface area contributed by atoms with Crippen molar-refractivity contribution in [3.8, 4) is 0 Å². The second-order valence-corrected chi connectivity index (χ2v) is 7.68. The summed E-state index contributed by atoms with van der Waals surface area (Å²) in [6.07, 6.45) is 3.28. The summed E-state index contributed by atoms with van der Waals surface area (Å²) >= 11 is 0. The Bertz CT molecular complexity index is 1260. The van der Waals surface area contributed by atoms with Crippen LogP contribution in [0.4, 0.5) is 10.1 Å². The summed E-state index contributed by atoms with van der Waals surface area (Å²) in [7, 11) is 0. The van der Waals surface area contributed by atoms with Crippen molar-refractivity contribution in [1.82, 2.24) is 19.7 Å². The van der Waals surface area contributed by atoms with E-state index in [4.69, 9.17) is 4.74 Å². The summed E-state index contributed by atoms with van der Waals surface area (Å²) < 4.78 is 21.9. The molecule has 0 fully saturated rings. The van der Waals surface area contributed by atoms with Crippen molar-refractivity contribution in [1.29, 1.82) is 0 Å². The Kier molecular flexibility index (Phi) is 5.38. The standard InChI is InChI=1S/C22H22FN7O2/c1-2-17-20(29-11-15-5-8-32-12-18(15)28-22(29)27-17)21(31)25-10-14-3-4-19(16(23)9-14)30-7-6-24-13-26-30/h3-4,9,11H,2,5-8,10,12H2,1H3,(H,25,31)/p+1.